The van der Waals surface area contributed by atoms with Crippen LogP contribution in [0.5, 0.6) is 0 Å². The number of hydrogen-bond acceptors (Lipinski definition) is 4. The highest BCUT2D eigenvalue weighted by molar-refractivity contribution is 7.91. The van der Waals surface area contributed by atoms with Gasteiger partial charge in [-0.1, -0.05) is 60.1 Å². The Hall–Kier alpha value is -2.19. The Morgan fingerprint density at radius 3 is 2.42 bits per heavy atom. The van der Waals surface area contributed by atoms with Gasteiger partial charge in [-0.2, -0.15) is 4.31 Å². The lowest BCUT2D eigenvalue weighted by atomic mass is 9.95. The molecule has 0 spiro atoms. The molecule has 3 aromatic rings. The van der Waals surface area contributed by atoms with Crippen molar-refractivity contribution in [2.75, 3.05) is 13.1 Å². The topological polar surface area (TPSA) is 66.5 Å². The molecule has 1 saturated heterocycles. The van der Waals surface area contributed by atoms with Gasteiger partial charge in [0.1, 0.15) is 4.21 Å². The summed E-state index contributed by atoms with van der Waals surface area (Å²) in [5, 5.41) is 5.52. The third kappa shape index (κ3) is 5.01. The molecule has 162 valence electrons. The van der Waals surface area contributed by atoms with E-state index in [1.54, 1.807) is 29.6 Å². The first-order valence-electron chi connectivity index (χ1n) is 10.1. The minimum Gasteiger partial charge on any atom is -0.345 e. The van der Waals surface area contributed by atoms with E-state index in [-0.39, 0.29) is 18.5 Å². The molecule has 0 radical (unpaired) electrons. The van der Waals surface area contributed by atoms with Crippen molar-refractivity contribution in [3.63, 3.8) is 0 Å². The van der Waals surface area contributed by atoms with Gasteiger partial charge in [0.05, 0.1) is 12.0 Å². The molecule has 2 unspecified atom stereocenters. The molecule has 1 fully saturated rings. The van der Waals surface area contributed by atoms with Crippen molar-refractivity contribution < 1.29 is 13.2 Å². The molecule has 0 bridgehead atoms. The number of sulfonamides is 1. The van der Waals surface area contributed by atoms with Crippen molar-refractivity contribution >= 4 is 38.9 Å². The first-order valence-corrected chi connectivity index (χ1v) is 12.8. The molecule has 2 aromatic carbocycles. The maximum absolute atomic E-state index is 13.2. The largest absolute Gasteiger partial charge is 0.345 e. The van der Waals surface area contributed by atoms with Crippen LogP contribution in [0.2, 0.25) is 5.02 Å². The number of rotatable bonds is 6. The lowest BCUT2D eigenvalue weighted by Crippen LogP contribution is -2.46. The van der Waals surface area contributed by atoms with Gasteiger partial charge in [-0.25, -0.2) is 8.42 Å². The number of piperidine rings is 1. The van der Waals surface area contributed by atoms with Crippen molar-refractivity contribution in [2.45, 2.75) is 23.1 Å². The Kier molecular flexibility index (Phi) is 6.77. The van der Waals surface area contributed by atoms with Crippen LogP contribution < -0.4 is 5.32 Å². The summed E-state index contributed by atoms with van der Waals surface area (Å²) < 4.78 is 27.6. The highest BCUT2D eigenvalue weighted by atomic mass is 35.5. The number of thiophene rings is 1. The summed E-state index contributed by atoms with van der Waals surface area (Å²) in [5.74, 6) is -0.545. The quantitative estimate of drug-likeness (QED) is 0.562. The summed E-state index contributed by atoms with van der Waals surface area (Å²) in [6, 6.07) is 20.1. The Morgan fingerprint density at radius 2 is 1.74 bits per heavy atom. The zero-order valence-electron chi connectivity index (χ0n) is 16.8. The van der Waals surface area contributed by atoms with Gasteiger partial charge in [-0.15, -0.1) is 11.3 Å². The van der Waals surface area contributed by atoms with Crippen LogP contribution in [0.3, 0.4) is 0 Å². The first kappa shape index (κ1) is 22.0. The van der Waals surface area contributed by atoms with Gasteiger partial charge >= 0.3 is 0 Å². The summed E-state index contributed by atoms with van der Waals surface area (Å²) in [5.41, 5.74) is 1.87. The van der Waals surface area contributed by atoms with Gasteiger partial charge in [0.25, 0.3) is 10.0 Å². The smallest absolute Gasteiger partial charge is 0.252 e. The van der Waals surface area contributed by atoms with Gasteiger partial charge in [-0.05, 0) is 47.5 Å². The molecule has 2 atom stereocenters. The van der Waals surface area contributed by atoms with E-state index in [0.717, 1.165) is 11.1 Å². The van der Waals surface area contributed by atoms with Crippen LogP contribution in [-0.4, -0.2) is 31.7 Å². The Labute approximate surface area is 191 Å². The standard InChI is InChI=1S/C23H23ClN2O3S2/c24-20-12-10-18(11-13-20)22(17-6-2-1-3-7-17)25-23(27)19-8-4-14-26(16-19)31(28,29)21-9-5-15-30-21/h1-3,5-7,9-13,15,19,22H,4,8,14,16H2,(H,25,27). The Morgan fingerprint density at radius 1 is 1.03 bits per heavy atom. The van der Waals surface area contributed by atoms with Gasteiger partial charge < -0.3 is 5.32 Å². The van der Waals surface area contributed by atoms with E-state index < -0.39 is 15.9 Å². The van der Waals surface area contributed by atoms with Crippen molar-refractivity contribution in [3.05, 3.63) is 88.3 Å². The van der Waals surface area contributed by atoms with Crippen molar-refractivity contribution in [3.8, 4) is 0 Å². The van der Waals surface area contributed by atoms with Gasteiger partial charge in [0, 0.05) is 18.1 Å². The average molecular weight is 475 g/mol. The zero-order chi connectivity index (χ0) is 21.8. The summed E-state index contributed by atoms with van der Waals surface area (Å²) in [7, 11) is -3.57. The second-order valence-corrected chi connectivity index (χ2v) is 11.1. The van der Waals surface area contributed by atoms with E-state index in [0.29, 0.717) is 28.6 Å². The highest BCUT2D eigenvalue weighted by Crippen LogP contribution is 2.28. The van der Waals surface area contributed by atoms with E-state index in [1.165, 1.54) is 15.6 Å². The number of nitrogens with zero attached hydrogens (tertiary/aromatic N) is 1. The number of carbonyl (C=O) groups excluding carboxylic acids is 1. The van der Waals surface area contributed by atoms with E-state index in [9.17, 15) is 13.2 Å². The predicted octanol–water partition coefficient (Wildman–Crippen LogP) is 4.71. The van der Waals surface area contributed by atoms with Crippen molar-refractivity contribution in [2.24, 2.45) is 5.92 Å². The van der Waals surface area contributed by atoms with E-state index in [1.807, 2.05) is 42.5 Å². The van der Waals surface area contributed by atoms with E-state index in [4.69, 9.17) is 11.6 Å². The van der Waals surface area contributed by atoms with E-state index >= 15 is 0 Å². The maximum atomic E-state index is 13.2. The highest BCUT2D eigenvalue weighted by Gasteiger charge is 2.34. The van der Waals surface area contributed by atoms with Crippen molar-refractivity contribution in [1.82, 2.24) is 9.62 Å². The Bertz CT molecular complexity index is 1120. The number of carbonyl (C=O) groups is 1. The van der Waals surface area contributed by atoms with Gasteiger partial charge in [0.15, 0.2) is 0 Å². The summed E-state index contributed by atoms with van der Waals surface area (Å²) in [4.78, 5) is 13.2. The first-order chi connectivity index (χ1) is 14.9. The predicted molar refractivity (Wildman–Crippen MR) is 124 cm³/mol. The van der Waals surface area contributed by atoms with E-state index in [2.05, 4.69) is 5.32 Å². The SMILES string of the molecule is O=C(NC(c1ccccc1)c1ccc(Cl)cc1)C1CCCN(S(=O)(=O)c2cccs2)C1. The molecule has 4 rings (SSSR count). The van der Waals surface area contributed by atoms with Gasteiger partial charge in [-0.3, -0.25) is 4.79 Å². The third-order valence-corrected chi connectivity index (χ3v) is 8.96. The third-order valence-electron chi connectivity index (χ3n) is 5.47. The zero-order valence-corrected chi connectivity index (χ0v) is 19.2. The summed E-state index contributed by atoms with van der Waals surface area (Å²) >= 11 is 7.24. The number of halogens is 1. The summed E-state index contributed by atoms with van der Waals surface area (Å²) in [6.07, 6.45) is 1.31. The maximum Gasteiger partial charge on any atom is 0.252 e. The molecule has 1 amide bonds. The average Bonchev–Trinajstić information content (AvgIpc) is 3.35. The molecule has 1 N–H and O–H groups in total. The minimum atomic E-state index is -3.57. The van der Waals surface area contributed by atoms with Crippen LogP contribution in [0.4, 0.5) is 0 Å². The second-order valence-electron chi connectivity index (χ2n) is 7.54. The molecule has 1 aromatic heterocycles. The van der Waals surface area contributed by atoms with Crippen LogP contribution in [0.15, 0.2) is 76.3 Å². The van der Waals surface area contributed by atoms with Crippen molar-refractivity contribution in [1.29, 1.82) is 0 Å². The molecule has 8 heteroatoms. The molecule has 1 aliphatic rings. The lowest BCUT2D eigenvalue weighted by molar-refractivity contribution is -0.126. The number of amides is 1. The molecule has 0 aliphatic carbocycles. The lowest BCUT2D eigenvalue weighted by Gasteiger charge is -2.32. The molecule has 2 heterocycles. The molecule has 5 nitrogen and oxygen atoms in total. The minimum absolute atomic E-state index is 0.144. The molecule has 31 heavy (non-hydrogen) atoms. The normalized spacial score (nSPS) is 18.4. The fraction of sp³-hybridized carbons (Fsp3) is 0.261. The molecular formula is C23H23ClN2O3S2. The van der Waals surface area contributed by atoms with Gasteiger partial charge in [0.2, 0.25) is 5.91 Å². The van der Waals surface area contributed by atoms with Crippen LogP contribution in [0.25, 0.3) is 0 Å². The monoisotopic (exact) mass is 474 g/mol. The molecule has 0 saturated carbocycles. The fourth-order valence-electron chi connectivity index (χ4n) is 3.83. The van der Waals surface area contributed by atoms with Crippen LogP contribution >= 0.6 is 22.9 Å². The number of nitrogens with one attached hydrogen (secondary N) is 1. The summed E-state index contributed by atoms with van der Waals surface area (Å²) in [6.45, 7) is 0.623. The molecular weight excluding hydrogens is 452 g/mol. The van der Waals surface area contributed by atoms with Crippen LogP contribution in [-0.2, 0) is 14.8 Å². The second kappa shape index (κ2) is 9.53. The Balaban J connectivity index is 1.54. The molecule has 1 aliphatic heterocycles. The number of benzene rings is 2. The number of hydrogen-bond donors (Lipinski definition) is 1. The van der Waals surface area contributed by atoms with Crippen LogP contribution in [0, 0.1) is 5.92 Å². The van der Waals surface area contributed by atoms with Crippen LogP contribution in [0.1, 0.15) is 30.0 Å². The fourth-order valence-corrected chi connectivity index (χ4v) is 6.63.